The van der Waals surface area contributed by atoms with Crippen molar-refractivity contribution in [2.24, 2.45) is 0 Å². The molecule has 126 valence electrons. The van der Waals surface area contributed by atoms with Gasteiger partial charge in [0.2, 0.25) is 0 Å². The average molecular weight is 323 g/mol. The van der Waals surface area contributed by atoms with Crippen LogP contribution in [0.4, 0.5) is 11.4 Å². The highest BCUT2D eigenvalue weighted by molar-refractivity contribution is 5.74. The molecule has 0 spiro atoms. The van der Waals surface area contributed by atoms with Gasteiger partial charge in [-0.3, -0.25) is 0 Å². The molecular formula is C20H25N3O. The number of hydrogen-bond acceptors (Lipinski definition) is 4. The van der Waals surface area contributed by atoms with E-state index in [0.29, 0.717) is 0 Å². The largest absolute Gasteiger partial charge is 0.487 e. The zero-order valence-electron chi connectivity index (χ0n) is 14.3. The van der Waals surface area contributed by atoms with E-state index in [4.69, 9.17) is 4.74 Å². The van der Waals surface area contributed by atoms with Gasteiger partial charge >= 0.3 is 0 Å². The van der Waals surface area contributed by atoms with E-state index in [0.717, 1.165) is 51.6 Å². The summed E-state index contributed by atoms with van der Waals surface area (Å²) in [6.07, 6.45) is 0. The molecule has 0 radical (unpaired) electrons. The van der Waals surface area contributed by atoms with Gasteiger partial charge in [-0.05, 0) is 24.6 Å². The molecule has 0 saturated carbocycles. The number of rotatable bonds is 3. The number of anilines is 2. The minimum Gasteiger partial charge on any atom is -0.487 e. The first kappa shape index (κ1) is 15.3. The van der Waals surface area contributed by atoms with Crippen molar-refractivity contribution in [1.29, 1.82) is 0 Å². The number of piperazine rings is 1. The highest BCUT2D eigenvalue weighted by Gasteiger charge is 2.24. The second-order valence-corrected chi connectivity index (χ2v) is 6.62. The summed E-state index contributed by atoms with van der Waals surface area (Å²) in [5.74, 6) is 1.05. The minimum absolute atomic E-state index is 0.752. The van der Waals surface area contributed by atoms with Crippen molar-refractivity contribution in [3.8, 4) is 5.75 Å². The topological polar surface area (TPSA) is 27.7 Å². The lowest BCUT2D eigenvalue weighted by Gasteiger charge is -2.36. The van der Waals surface area contributed by atoms with Crippen molar-refractivity contribution >= 4 is 11.4 Å². The van der Waals surface area contributed by atoms with Crippen LogP contribution in [0.1, 0.15) is 11.1 Å². The molecule has 4 heteroatoms. The first-order chi connectivity index (χ1) is 11.8. The Balaban J connectivity index is 1.62. The van der Waals surface area contributed by atoms with Crippen LogP contribution in [0.5, 0.6) is 5.75 Å². The van der Waals surface area contributed by atoms with Crippen molar-refractivity contribution in [3.05, 3.63) is 53.6 Å². The SMILES string of the molecule is Cc1cccc(CN2CCOc3c(N4CCNCC4)cccc32)c1. The molecule has 0 aromatic heterocycles. The van der Waals surface area contributed by atoms with Crippen LogP contribution in [0.25, 0.3) is 0 Å². The summed E-state index contributed by atoms with van der Waals surface area (Å²) in [4.78, 5) is 4.88. The van der Waals surface area contributed by atoms with Gasteiger partial charge in [0.15, 0.2) is 5.75 Å². The number of hydrogen-bond donors (Lipinski definition) is 1. The number of para-hydroxylation sites is 1. The third-order valence-corrected chi connectivity index (χ3v) is 4.84. The molecule has 4 rings (SSSR count). The Morgan fingerprint density at radius 2 is 1.79 bits per heavy atom. The fourth-order valence-corrected chi connectivity index (χ4v) is 3.64. The Morgan fingerprint density at radius 1 is 1.00 bits per heavy atom. The Bertz CT molecular complexity index is 710. The first-order valence-electron chi connectivity index (χ1n) is 8.83. The van der Waals surface area contributed by atoms with Crippen LogP contribution >= 0.6 is 0 Å². The highest BCUT2D eigenvalue weighted by atomic mass is 16.5. The number of fused-ring (bicyclic) bond motifs is 1. The van der Waals surface area contributed by atoms with Gasteiger partial charge in [-0.25, -0.2) is 0 Å². The fraction of sp³-hybridized carbons (Fsp3) is 0.400. The van der Waals surface area contributed by atoms with Crippen molar-refractivity contribution in [2.45, 2.75) is 13.5 Å². The molecule has 1 N–H and O–H groups in total. The molecular weight excluding hydrogens is 298 g/mol. The summed E-state index contributed by atoms with van der Waals surface area (Å²) < 4.78 is 6.10. The number of ether oxygens (including phenoxy) is 1. The van der Waals surface area contributed by atoms with Crippen LogP contribution in [0.15, 0.2) is 42.5 Å². The molecule has 1 saturated heterocycles. The molecule has 0 unspecified atom stereocenters. The van der Waals surface area contributed by atoms with Gasteiger partial charge in [0.1, 0.15) is 6.61 Å². The molecule has 0 aliphatic carbocycles. The molecule has 4 nitrogen and oxygen atoms in total. The van der Waals surface area contributed by atoms with Gasteiger partial charge in [0.05, 0.1) is 17.9 Å². The van der Waals surface area contributed by atoms with Gasteiger partial charge in [0, 0.05) is 32.7 Å². The molecule has 2 aliphatic heterocycles. The van der Waals surface area contributed by atoms with E-state index in [1.54, 1.807) is 0 Å². The van der Waals surface area contributed by atoms with Crippen LogP contribution in [0.2, 0.25) is 0 Å². The van der Waals surface area contributed by atoms with Crippen molar-refractivity contribution < 1.29 is 4.74 Å². The van der Waals surface area contributed by atoms with E-state index in [1.165, 1.54) is 22.5 Å². The smallest absolute Gasteiger partial charge is 0.165 e. The molecule has 24 heavy (non-hydrogen) atoms. The second kappa shape index (κ2) is 6.73. The Kier molecular flexibility index (Phi) is 4.30. The molecule has 2 heterocycles. The summed E-state index contributed by atoms with van der Waals surface area (Å²) >= 11 is 0. The lowest BCUT2D eigenvalue weighted by atomic mass is 10.1. The van der Waals surface area contributed by atoms with Gasteiger partial charge in [-0.2, -0.15) is 0 Å². The molecule has 0 amide bonds. The van der Waals surface area contributed by atoms with Gasteiger partial charge in [0.25, 0.3) is 0 Å². The lowest BCUT2D eigenvalue weighted by Crippen LogP contribution is -2.44. The summed E-state index contributed by atoms with van der Waals surface area (Å²) in [5, 5.41) is 3.42. The van der Waals surface area contributed by atoms with Gasteiger partial charge < -0.3 is 19.9 Å². The van der Waals surface area contributed by atoms with Crippen LogP contribution < -0.4 is 19.9 Å². The predicted octanol–water partition coefficient (Wildman–Crippen LogP) is 2.80. The molecule has 2 aliphatic rings. The van der Waals surface area contributed by atoms with E-state index in [9.17, 15) is 0 Å². The average Bonchev–Trinajstić information content (AvgIpc) is 2.62. The minimum atomic E-state index is 0.752. The second-order valence-electron chi connectivity index (χ2n) is 6.62. The number of aryl methyl sites for hydroxylation is 1. The third-order valence-electron chi connectivity index (χ3n) is 4.84. The van der Waals surface area contributed by atoms with Crippen LogP contribution in [0, 0.1) is 6.92 Å². The van der Waals surface area contributed by atoms with E-state index >= 15 is 0 Å². The zero-order chi connectivity index (χ0) is 16.4. The van der Waals surface area contributed by atoms with Crippen LogP contribution in [-0.2, 0) is 6.54 Å². The number of nitrogens with zero attached hydrogens (tertiary/aromatic N) is 2. The fourth-order valence-electron chi connectivity index (χ4n) is 3.64. The molecule has 0 atom stereocenters. The van der Waals surface area contributed by atoms with Crippen molar-refractivity contribution in [3.63, 3.8) is 0 Å². The van der Waals surface area contributed by atoms with Crippen molar-refractivity contribution in [2.75, 3.05) is 49.1 Å². The van der Waals surface area contributed by atoms with Gasteiger partial charge in [-0.15, -0.1) is 0 Å². The Hall–Kier alpha value is -2.20. The zero-order valence-corrected chi connectivity index (χ0v) is 14.3. The molecule has 2 aromatic carbocycles. The quantitative estimate of drug-likeness (QED) is 0.940. The van der Waals surface area contributed by atoms with Gasteiger partial charge in [-0.1, -0.05) is 35.9 Å². The lowest BCUT2D eigenvalue weighted by molar-refractivity contribution is 0.307. The predicted molar refractivity (Wildman–Crippen MR) is 99.2 cm³/mol. The Labute approximate surface area is 144 Å². The van der Waals surface area contributed by atoms with E-state index in [2.05, 4.69) is 64.5 Å². The summed E-state index contributed by atoms with van der Waals surface area (Å²) in [5.41, 5.74) is 5.13. The summed E-state index contributed by atoms with van der Waals surface area (Å²) in [6, 6.07) is 15.3. The molecule has 1 fully saturated rings. The maximum atomic E-state index is 6.10. The van der Waals surface area contributed by atoms with E-state index in [-0.39, 0.29) is 0 Å². The third kappa shape index (κ3) is 3.06. The maximum Gasteiger partial charge on any atom is 0.165 e. The summed E-state index contributed by atoms with van der Waals surface area (Å²) in [7, 11) is 0. The monoisotopic (exact) mass is 323 g/mol. The normalized spacial score (nSPS) is 17.4. The molecule has 2 aromatic rings. The van der Waals surface area contributed by atoms with Crippen molar-refractivity contribution in [1.82, 2.24) is 5.32 Å². The van der Waals surface area contributed by atoms with Crippen LogP contribution in [-0.4, -0.2) is 39.3 Å². The standard InChI is InChI=1S/C20H25N3O/c1-16-4-2-5-17(14-16)15-23-12-13-24-20-18(6-3-7-19(20)23)22-10-8-21-9-11-22/h2-7,14,21H,8-13,15H2,1H3. The summed E-state index contributed by atoms with van der Waals surface area (Å²) in [6.45, 7) is 8.93. The maximum absolute atomic E-state index is 6.10. The first-order valence-corrected chi connectivity index (χ1v) is 8.83. The van der Waals surface area contributed by atoms with E-state index < -0.39 is 0 Å². The highest BCUT2D eigenvalue weighted by Crippen LogP contribution is 2.40. The number of nitrogens with one attached hydrogen (secondary N) is 1. The van der Waals surface area contributed by atoms with Crippen LogP contribution in [0.3, 0.4) is 0 Å². The van der Waals surface area contributed by atoms with E-state index in [1.807, 2.05) is 0 Å². The Morgan fingerprint density at radius 3 is 2.62 bits per heavy atom. The molecule has 0 bridgehead atoms. The number of benzene rings is 2.